The summed E-state index contributed by atoms with van der Waals surface area (Å²) >= 11 is 0. The third kappa shape index (κ3) is 3.73. The van der Waals surface area contributed by atoms with Crippen molar-refractivity contribution in [1.82, 2.24) is 14.8 Å². The smallest absolute Gasteiger partial charge is 0.249 e. The van der Waals surface area contributed by atoms with E-state index in [1.165, 1.54) is 0 Å². The molecule has 2 fully saturated rings. The van der Waals surface area contributed by atoms with Gasteiger partial charge in [-0.1, -0.05) is 6.07 Å². The summed E-state index contributed by atoms with van der Waals surface area (Å²) in [5, 5.41) is 0. The van der Waals surface area contributed by atoms with Crippen LogP contribution in [-0.4, -0.2) is 78.7 Å². The fourth-order valence-electron chi connectivity index (χ4n) is 3.31. The topological polar surface area (TPSA) is 72.0 Å². The summed E-state index contributed by atoms with van der Waals surface area (Å²) in [5.41, 5.74) is 1.05. The molecule has 24 heavy (non-hydrogen) atoms. The summed E-state index contributed by atoms with van der Waals surface area (Å²) in [6.07, 6.45) is 4.52. The minimum atomic E-state index is -0.0955. The number of carbonyl (C=O) groups is 2. The Morgan fingerprint density at radius 3 is 3.08 bits per heavy atom. The van der Waals surface area contributed by atoms with Crippen molar-refractivity contribution in [2.24, 2.45) is 0 Å². The van der Waals surface area contributed by atoms with Crippen molar-refractivity contribution in [3.05, 3.63) is 30.1 Å². The Balaban J connectivity index is 1.56. The molecule has 2 atom stereocenters. The van der Waals surface area contributed by atoms with Gasteiger partial charge in [-0.3, -0.25) is 14.6 Å². The highest BCUT2D eigenvalue weighted by Crippen LogP contribution is 2.24. The van der Waals surface area contributed by atoms with Crippen LogP contribution in [0, 0.1) is 0 Å². The second-order valence-electron chi connectivity index (χ2n) is 6.16. The number of hydrogen-bond acceptors (Lipinski definition) is 5. The molecule has 3 rings (SSSR count). The fourth-order valence-corrected chi connectivity index (χ4v) is 3.31. The van der Waals surface area contributed by atoms with Gasteiger partial charge in [0.25, 0.3) is 0 Å². The van der Waals surface area contributed by atoms with Crippen LogP contribution >= 0.6 is 0 Å². The van der Waals surface area contributed by atoms with Crippen LogP contribution in [0.25, 0.3) is 0 Å². The molecule has 130 valence electrons. The molecule has 2 aliphatic rings. The van der Waals surface area contributed by atoms with Crippen LogP contribution in [-0.2, 0) is 25.5 Å². The first-order valence-electron chi connectivity index (χ1n) is 8.25. The fraction of sp³-hybridized carbons (Fsp3) is 0.588. The molecule has 0 aliphatic carbocycles. The number of morpholine rings is 1. The number of ether oxygens (including phenoxy) is 2. The highest BCUT2D eigenvalue weighted by Gasteiger charge is 2.44. The van der Waals surface area contributed by atoms with E-state index in [2.05, 4.69) is 4.98 Å². The van der Waals surface area contributed by atoms with Crippen LogP contribution < -0.4 is 0 Å². The Morgan fingerprint density at radius 1 is 1.46 bits per heavy atom. The van der Waals surface area contributed by atoms with E-state index in [1.54, 1.807) is 24.4 Å². The van der Waals surface area contributed by atoms with Gasteiger partial charge in [-0.15, -0.1) is 0 Å². The third-order valence-electron chi connectivity index (χ3n) is 4.62. The van der Waals surface area contributed by atoms with Gasteiger partial charge in [-0.2, -0.15) is 0 Å². The van der Waals surface area contributed by atoms with Gasteiger partial charge >= 0.3 is 0 Å². The normalized spacial score (nSPS) is 23.5. The average molecular weight is 333 g/mol. The monoisotopic (exact) mass is 333 g/mol. The SMILES string of the molecule is COCCN1C(=O)CO[C@H]2CN(C(=O)CCc3cccnc3)C[C@@H]21. The molecule has 0 unspecified atom stereocenters. The quantitative estimate of drug-likeness (QED) is 0.738. The molecule has 0 N–H and O–H groups in total. The first kappa shape index (κ1) is 16.9. The lowest BCUT2D eigenvalue weighted by atomic mass is 10.1. The number of carbonyl (C=O) groups excluding carboxylic acids is 2. The number of hydrogen-bond donors (Lipinski definition) is 0. The number of likely N-dealkylation sites (tertiary alicyclic amines) is 1. The number of aromatic nitrogens is 1. The van der Waals surface area contributed by atoms with Gasteiger partial charge < -0.3 is 19.3 Å². The van der Waals surface area contributed by atoms with Crippen LogP contribution in [0.5, 0.6) is 0 Å². The molecule has 0 saturated carbocycles. The Kier molecular flexibility index (Phi) is 5.42. The summed E-state index contributed by atoms with van der Waals surface area (Å²) in [5.74, 6) is 0.0638. The van der Waals surface area contributed by atoms with Crippen molar-refractivity contribution in [1.29, 1.82) is 0 Å². The maximum Gasteiger partial charge on any atom is 0.249 e. The molecule has 3 heterocycles. The lowest BCUT2D eigenvalue weighted by molar-refractivity contribution is -0.153. The molecule has 7 heteroatoms. The van der Waals surface area contributed by atoms with Crippen LogP contribution in [0.3, 0.4) is 0 Å². The number of rotatable bonds is 6. The van der Waals surface area contributed by atoms with Crippen LogP contribution in [0.2, 0.25) is 0 Å². The van der Waals surface area contributed by atoms with Crippen LogP contribution in [0.1, 0.15) is 12.0 Å². The molecule has 2 saturated heterocycles. The Labute approximate surface area is 141 Å². The highest BCUT2D eigenvalue weighted by molar-refractivity contribution is 5.80. The van der Waals surface area contributed by atoms with Gasteiger partial charge in [0.05, 0.1) is 18.8 Å². The molecular weight excluding hydrogens is 310 g/mol. The maximum atomic E-state index is 12.5. The van der Waals surface area contributed by atoms with E-state index >= 15 is 0 Å². The van der Waals surface area contributed by atoms with E-state index in [1.807, 2.05) is 17.0 Å². The van der Waals surface area contributed by atoms with Crippen molar-refractivity contribution >= 4 is 11.8 Å². The number of aryl methyl sites for hydroxylation is 1. The molecule has 2 amide bonds. The van der Waals surface area contributed by atoms with E-state index in [9.17, 15) is 9.59 Å². The molecule has 0 aromatic carbocycles. The second-order valence-corrected chi connectivity index (χ2v) is 6.16. The Hall–Kier alpha value is -1.99. The molecular formula is C17H23N3O4. The minimum Gasteiger partial charge on any atom is -0.383 e. The molecule has 0 spiro atoms. The third-order valence-corrected chi connectivity index (χ3v) is 4.62. The van der Waals surface area contributed by atoms with Crippen molar-refractivity contribution in [3.8, 4) is 0 Å². The molecule has 0 radical (unpaired) electrons. The summed E-state index contributed by atoms with van der Waals surface area (Å²) < 4.78 is 10.7. The van der Waals surface area contributed by atoms with Gasteiger partial charge in [0, 0.05) is 45.6 Å². The van der Waals surface area contributed by atoms with Gasteiger partial charge in [0.2, 0.25) is 11.8 Å². The number of fused-ring (bicyclic) bond motifs is 1. The Bertz CT molecular complexity index is 580. The minimum absolute atomic E-state index is 0.0297. The van der Waals surface area contributed by atoms with E-state index in [4.69, 9.17) is 9.47 Å². The first-order chi connectivity index (χ1) is 11.7. The average Bonchev–Trinajstić information content (AvgIpc) is 3.04. The van der Waals surface area contributed by atoms with Gasteiger partial charge in [-0.05, 0) is 18.1 Å². The predicted octanol–water partition coefficient (Wildman–Crippen LogP) is 0.0988. The van der Waals surface area contributed by atoms with E-state index in [0.29, 0.717) is 39.1 Å². The number of nitrogens with zero attached hydrogens (tertiary/aromatic N) is 3. The van der Waals surface area contributed by atoms with Gasteiger partial charge in [0.1, 0.15) is 6.61 Å². The number of methoxy groups -OCH3 is 1. The summed E-state index contributed by atoms with van der Waals surface area (Å²) in [6, 6.07) is 3.78. The standard InChI is InChI=1S/C17H23N3O4/c1-23-8-7-20-14-10-19(11-15(14)24-12-17(20)22)16(21)5-4-13-3-2-6-18-9-13/h2-3,6,9,14-15H,4-5,7-8,10-12H2,1H3/t14-,15-/m0/s1. The summed E-state index contributed by atoms with van der Waals surface area (Å²) in [7, 11) is 1.62. The lowest BCUT2D eigenvalue weighted by Gasteiger charge is -2.36. The van der Waals surface area contributed by atoms with Crippen molar-refractivity contribution in [2.75, 3.05) is 40.0 Å². The maximum absolute atomic E-state index is 12.5. The Morgan fingerprint density at radius 2 is 2.33 bits per heavy atom. The van der Waals surface area contributed by atoms with Crippen LogP contribution in [0.15, 0.2) is 24.5 Å². The molecule has 1 aromatic heterocycles. The lowest BCUT2D eigenvalue weighted by Crippen LogP contribution is -2.54. The zero-order valence-electron chi connectivity index (χ0n) is 13.9. The van der Waals surface area contributed by atoms with E-state index in [-0.39, 0.29) is 30.6 Å². The molecule has 7 nitrogen and oxygen atoms in total. The van der Waals surface area contributed by atoms with Gasteiger partial charge in [0.15, 0.2) is 0 Å². The molecule has 0 bridgehead atoms. The zero-order chi connectivity index (χ0) is 16.9. The highest BCUT2D eigenvalue weighted by atomic mass is 16.5. The van der Waals surface area contributed by atoms with Crippen LogP contribution in [0.4, 0.5) is 0 Å². The molecule has 1 aromatic rings. The summed E-state index contributed by atoms with van der Waals surface area (Å²) in [6.45, 7) is 2.20. The van der Waals surface area contributed by atoms with Crippen molar-refractivity contribution in [2.45, 2.75) is 25.0 Å². The molecule has 2 aliphatic heterocycles. The van der Waals surface area contributed by atoms with E-state index in [0.717, 1.165) is 5.56 Å². The second kappa shape index (κ2) is 7.72. The zero-order valence-corrected chi connectivity index (χ0v) is 13.9. The summed E-state index contributed by atoms with van der Waals surface area (Å²) in [4.78, 5) is 32.2. The van der Waals surface area contributed by atoms with E-state index < -0.39 is 0 Å². The number of amides is 2. The predicted molar refractivity (Wildman–Crippen MR) is 86.3 cm³/mol. The first-order valence-corrected chi connectivity index (χ1v) is 8.25. The van der Waals surface area contributed by atoms with Crippen molar-refractivity contribution in [3.63, 3.8) is 0 Å². The van der Waals surface area contributed by atoms with Crippen molar-refractivity contribution < 1.29 is 19.1 Å². The largest absolute Gasteiger partial charge is 0.383 e. The number of pyridine rings is 1. The van der Waals surface area contributed by atoms with Gasteiger partial charge in [-0.25, -0.2) is 0 Å².